The first-order valence-corrected chi connectivity index (χ1v) is 7.10. The summed E-state index contributed by atoms with van der Waals surface area (Å²) >= 11 is 0. The zero-order chi connectivity index (χ0) is 12.1. The van der Waals surface area contributed by atoms with Gasteiger partial charge >= 0.3 is 0 Å². The fourth-order valence-electron chi connectivity index (χ4n) is 1.98. The van der Waals surface area contributed by atoms with Gasteiger partial charge in [-0.3, -0.25) is 0 Å². The number of rotatable bonds is 12. The molecule has 98 valence electrons. The smallest absolute Gasteiger partial charge is 0.0562 e. The second kappa shape index (κ2) is 13.0. The fraction of sp³-hybridized carbons (Fsp3) is 1.00. The minimum atomic E-state index is -0.283. The maximum Gasteiger partial charge on any atom is 0.0562 e. The van der Waals surface area contributed by atoms with Crippen LogP contribution in [0.5, 0.6) is 0 Å². The second-order valence-electron chi connectivity index (χ2n) is 4.78. The van der Waals surface area contributed by atoms with E-state index in [2.05, 4.69) is 6.92 Å². The van der Waals surface area contributed by atoms with Gasteiger partial charge in [-0.2, -0.15) is 0 Å². The van der Waals surface area contributed by atoms with Gasteiger partial charge in [0.1, 0.15) is 0 Å². The lowest BCUT2D eigenvalue weighted by molar-refractivity contribution is 0.122. The Kier molecular flexibility index (Phi) is 12.9. The number of aliphatic hydroxyl groups is 2. The van der Waals surface area contributed by atoms with Crippen LogP contribution in [0.3, 0.4) is 0 Å². The van der Waals surface area contributed by atoms with Gasteiger partial charge in [0, 0.05) is 6.61 Å². The van der Waals surface area contributed by atoms with Crippen LogP contribution in [0, 0.1) is 0 Å². The molecule has 0 spiro atoms. The molecule has 0 fully saturated rings. The van der Waals surface area contributed by atoms with Crippen LogP contribution in [0.2, 0.25) is 0 Å². The third-order valence-corrected chi connectivity index (χ3v) is 3.10. The monoisotopic (exact) mass is 230 g/mol. The largest absolute Gasteiger partial charge is 0.396 e. The van der Waals surface area contributed by atoms with Crippen molar-refractivity contribution in [2.75, 3.05) is 6.61 Å². The molecule has 0 aromatic rings. The molecule has 2 nitrogen and oxygen atoms in total. The van der Waals surface area contributed by atoms with E-state index in [1.165, 1.54) is 51.4 Å². The first-order valence-electron chi connectivity index (χ1n) is 7.10. The Bertz CT molecular complexity index is 126. The molecule has 2 N–H and O–H groups in total. The molecular formula is C14H30O2. The van der Waals surface area contributed by atoms with Crippen molar-refractivity contribution in [1.82, 2.24) is 0 Å². The summed E-state index contributed by atoms with van der Waals surface area (Å²) in [6.07, 6.45) is 13.0. The summed E-state index contributed by atoms with van der Waals surface area (Å²) in [5, 5.41) is 18.0. The Hall–Kier alpha value is -0.0800. The molecule has 0 saturated heterocycles. The summed E-state index contributed by atoms with van der Waals surface area (Å²) < 4.78 is 0. The van der Waals surface area contributed by atoms with Crippen molar-refractivity contribution in [1.29, 1.82) is 0 Å². The first kappa shape index (κ1) is 15.9. The van der Waals surface area contributed by atoms with Gasteiger partial charge < -0.3 is 10.2 Å². The predicted octanol–water partition coefficient (Wildman–Crippen LogP) is 3.65. The highest BCUT2D eigenvalue weighted by molar-refractivity contribution is 4.55. The molecule has 0 bridgehead atoms. The Balaban J connectivity index is 2.98. The van der Waals surface area contributed by atoms with E-state index in [-0.39, 0.29) is 12.7 Å². The van der Waals surface area contributed by atoms with Crippen LogP contribution in [0.4, 0.5) is 0 Å². The minimum absolute atomic E-state index is 0.110. The van der Waals surface area contributed by atoms with E-state index in [0.717, 1.165) is 12.8 Å². The van der Waals surface area contributed by atoms with Gasteiger partial charge in [0.15, 0.2) is 0 Å². The van der Waals surface area contributed by atoms with E-state index < -0.39 is 0 Å². The number of hydrogen-bond donors (Lipinski definition) is 2. The molecular weight excluding hydrogens is 200 g/mol. The number of aliphatic hydroxyl groups excluding tert-OH is 2. The zero-order valence-corrected chi connectivity index (χ0v) is 11.0. The molecule has 1 atom stereocenters. The average Bonchev–Trinajstić information content (AvgIpc) is 2.27. The molecule has 0 amide bonds. The van der Waals surface area contributed by atoms with E-state index in [1.54, 1.807) is 0 Å². The third-order valence-electron chi connectivity index (χ3n) is 3.10. The lowest BCUT2D eigenvalue weighted by Crippen LogP contribution is -2.08. The Labute approximate surface area is 101 Å². The van der Waals surface area contributed by atoms with Gasteiger partial charge in [-0.05, 0) is 12.8 Å². The van der Waals surface area contributed by atoms with Gasteiger partial charge in [0.25, 0.3) is 0 Å². The minimum Gasteiger partial charge on any atom is -0.396 e. The Morgan fingerprint density at radius 2 is 1.25 bits per heavy atom. The molecule has 16 heavy (non-hydrogen) atoms. The summed E-state index contributed by atoms with van der Waals surface area (Å²) in [4.78, 5) is 0. The topological polar surface area (TPSA) is 40.5 Å². The first-order chi connectivity index (χ1) is 7.81. The fourth-order valence-corrected chi connectivity index (χ4v) is 1.98. The normalized spacial score (nSPS) is 12.9. The molecule has 0 radical (unpaired) electrons. The second-order valence-corrected chi connectivity index (χ2v) is 4.78. The van der Waals surface area contributed by atoms with Crippen LogP contribution in [-0.4, -0.2) is 22.9 Å². The zero-order valence-electron chi connectivity index (χ0n) is 11.0. The standard InChI is InChI=1S/C14H30O2/c1-2-3-4-5-6-7-8-9-10-11-14(16)12-13-15/h14-16H,2-13H2,1H3/t14-/m0/s1. The highest BCUT2D eigenvalue weighted by Gasteiger charge is 2.01. The summed E-state index contributed by atoms with van der Waals surface area (Å²) in [5.74, 6) is 0. The van der Waals surface area contributed by atoms with Gasteiger partial charge in [-0.25, -0.2) is 0 Å². The van der Waals surface area contributed by atoms with E-state index >= 15 is 0 Å². The SMILES string of the molecule is CCCCCCCCCCC[C@H](O)CCO. The quantitative estimate of drug-likeness (QED) is 0.502. The molecule has 2 heteroatoms. The molecule has 0 aliphatic carbocycles. The van der Waals surface area contributed by atoms with Gasteiger partial charge in [-0.15, -0.1) is 0 Å². The van der Waals surface area contributed by atoms with Gasteiger partial charge in [0.05, 0.1) is 6.10 Å². The molecule has 0 aliphatic heterocycles. The molecule has 0 aliphatic rings. The number of unbranched alkanes of at least 4 members (excludes halogenated alkanes) is 8. The predicted molar refractivity (Wildman–Crippen MR) is 69.6 cm³/mol. The third kappa shape index (κ3) is 12.0. The maximum atomic E-state index is 9.39. The van der Waals surface area contributed by atoms with Crippen molar-refractivity contribution in [3.63, 3.8) is 0 Å². The van der Waals surface area contributed by atoms with Crippen molar-refractivity contribution in [2.45, 2.75) is 83.7 Å². The molecule has 0 saturated carbocycles. The van der Waals surface area contributed by atoms with Crippen molar-refractivity contribution < 1.29 is 10.2 Å². The summed E-state index contributed by atoms with van der Waals surface area (Å²) in [5.41, 5.74) is 0. The van der Waals surface area contributed by atoms with E-state index in [1.807, 2.05) is 0 Å². The highest BCUT2D eigenvalue weighted by atomic mass is 16.3. The van der Waals surface area contributed by atoms with Gasteiger partial charge in [0.2, 0.25) is 0 Å². The summed E-state index contributed by atoms with van der Waals surface area (Å²) in [6.45, 7) is 2.36. The Morgan fingerprint density at radius 1 is 0.750 bits per heavy atom. The van der Waals surface area contributed by atoms with E-state index in [9.17, 15) is 5.11 Å². The van der Waals surface area contributed by atoms with Crippen LogP contribution in [0.15, 0.2) is 0 Å². The van der Waals surface area contributed by atoms with Crippen LogP contribution < -0.4 is 0 Å². The highest BCUT2D eigenvalue weighted by Crippen LogP contribution is 2.11. The molecule has 0 heterocycles. The number of hydrogen-bond acceptors (Lipinski definition) is 2. The summed E-state index contributed by atoms with van der Waals surface area (Å²) in [7, 11) is 0. The van der Waals surface area contributed by atoms with Crippen LogP contribution >= 0.6 is 0 Å². The van der Waals surface area contributed by atoms with Crippen molar-refractivity contribution in [3.8, 4) is 0 Å². The van der Waals surface area contributed by atoms with Crippen molar-refractivity contribution in [3.05, 3.63) is 0 Å². The van der Waals surface area contributed by atoms with E-state index in [0.29, 0.717) is 6.42 Å². The van der Waals surface area contributed by atoms with Crippen LogP contribution in [0.1, 0.15) is 77.6 Å². The Morgan fingerprint density at radius 3 is 1.75 bits per heavy atom. The van der Waals surface area contributed by atoms with Crippen molar-refractivity contribution in [2.24, 2.45) is 0 Å². The van der Waals surface area contributed by atoms with Crippen LogP contribution in [-0.2, 0) is 0 Å². The molecule has 0 aromatic carbocycles. The molecule has 0 aromatic heterocycles. The summed E-state index contributed by atoms with van der Waals surface area (Å²) in [6, 6.07) is 0. The average molecular weight is 230 g/mol. The molecule has 0 unspecified atom stereocenters. The van der Waals surface area contributed by atoms with Crippen molar-refractivity contribution >= 4 is 0 Å². The maximum absolute atomic E-state index is 9.39. The lowest BCUT2D eigenvalue weighted by Gasteiger charge is -2.07. The van der Waals surface area contributed by atoms with E-state index in [4.69, 9.17) is 5.11 Å². The van der Waals surface area contributed by atoms with Gasteiger partial charge in [-0.1, -0.05) is 64.7 Å². The molecule has 0 rings (SSSR count). The lowest BCUT2D eigenvalue weighted by atomic mass is 10.0. The van der Waals surface area contributed by atoms with Crippen LogP contribution in [0.25, 0.3) is 0 Å².